The average Bonchev–Trinajstić information content (AvgIpc) is 3.53. The molecule has 1 saturated heterocycles. The first-order valence-corrected chi connectivity index (χ1v) is 13.8. The number of likely N-dealkylation sites (tertiary alicyclic amines) is 1. The van der Waals surface area contributed by atoms with Crippen LogP contribution in [-0.4, -0.2) is 45.2 Å². The molecular formula is C28H37N5S. The highest BCUT2D eigenvalue weighted by Crippen LogP contribution is 2.53. The molecule has 1 spiro atoms. The lowest BCUT2D eigenvalue weighted by atomic mass is 9.60. The number of allylic oxidation sites excluding steroid dienone is 3. The highest BCUT2D eigenvalue weighted by Gasteiger charge is 2.40. The molecule has 0 bridgehead atoms. The van der Waals surface area contributed by atoms with Gasteiger partial charge in [0.05, 0.1) is 16.1 Å². The predicted molar refractivity (Wildman–Crippen MR) is 141 cm³/mol. The number of nitrogens with zero attached hydrogens (tertiary/aromatic N) is 4. The predicted octanol–water partition coefficient (Wildman–Crippen LogP) is 6.61. The van der Waals surface area contributed by atoms with E-state index in [1.807, 2.05) is 11.7 Å². The molecule has 5 nitrogen and oxygen atoms in total. The van der Waals surface area contributed by atoms with E-state index in [0.717, 1.165) is 53.9 Å². The van der Waals surface area contributed by atoms with Crippen molar-refractivity contribution in [3.8, 4) is 10.6 Å². The van der Waals surface area contributed by atoms with Crippen LogP contribution in [0.25, 0.3) is 10.6 Å². The number of hydrogen-bond acceptors (Lipinski definition) is 6. The molecule has 2 aromatic rings. The smallest absolute Gasteiger partial charge is 0.178 e. The third-order valence-corrected chi connectivity index (χ3v) is 9.40. The molecule has 1 N–H and O–H groups in total. The van der Waals surface area contributed by atoms with Crippen LogP contribution in [0.5, 0.6) is 0 Å². The summed E-state index contributed by atoms with van der Waals surface area (Å²) in [5.41, 5.74) is 8.28. The molecular weight excluding hydrogens is 438 g/mol. The minimum absolute atomic E-state index is 0.0866. The van der Waals surface area contributed by atoms with Crippen molar-refractivity contribution in [2.45, 2.75) is 83.6 Å². The summed E-state index contributed by atoms with van der Waals surface area (Å²) >= 11 is 1.60. The van der Waals surface area contributed by atoms with Gasteiger partial charge in [-0.05, 0) is 96.4 Å². The van der Waals surface area contributed by atoms with Crippen LogP contribution < -0.4 is 0 Å². The molecule has 5 rings (SSSR count). The molecule has 180 valence electrons. The first-order valence-electron chi connectivity index (χ1n) is 12.9. The van der Waals surface area contributed by atoms with Crippen LogP contribution in [0.4, 0.5) is 0 Å². The van der Waals surface area contributed by atoms with Crippen LogP contribution in [0.1, 0.15) is 82.7 Å². The topological polar surface area (TPSA) is 65.8 Å². The lowest BCUT2D eigenvalue weighted by Gasteiger charge is -2.44. The maximum Gasteiger partial charge on any atom is 0.178 e. The van der Waals surface area contributed by atoms with Gasteiger partial charge in [0.25, 0.3) is 0 Å². The Morgan fingerprint density at radius 3 is 2.79 bits per heavy atom. The fraction of sp³-hybridized carbons (Fsp3) is 0.571. The Kier molecular flexibility index (Phi) is 6.81. The molecule has 1 aliphatic heterocycles. The van der Waals surface area contributed by atoms with Gasteiger partial charge >= 0.3 is 0 Å². The summed E-state index contributed by atoms with van der Waals surface area (Å²) in [6, 6.07) is 2.75. The second-order valence-corrected chi connectivity index (χ2v) is 11.4. The Labute approximate surface area is 208 Å². The van der Waals surface area contributed by atoms with Crippen molar-refractivity contribution in [3.05, 3.63) is 52.6 Å². The summed E-state index contributed by atoms with van der Waals surface area (Å²) in [6.07, 6.45) is 14.5. The van der Waals surface area contributed by atoms with Crippen LogP contribution in [0.3, 0.4) is 0 Å². The summed E-state index contributed by atoms with van der Waals surface area (Å²) in [4.78, 5) is 17.6. The largest absolute Gasteiger partial charge is 0.303 e. The van der Waals surface area contributed by atoms with E-state index in [2.05, 4.69) is 36.5 Å². The average molecular weight is 476 g/mol. The highest BCUT2D eigenvalue weighted by molar-refractivity contribution is 7.13. The lowest BCUT2D eigenvalue weighted by Crippen LogP contribution is -2.33. The molecule has 0 unspecified atom stereocenters. The normalized spacial score (nSPS) is 25.9. The molecule has 3 aliphatic rings. The van der Waals surface area contributed by atoms with Crippen molar-refractivity contribution in [3.63, 3.8) is 0 Å². The van der Waals surface area contributed by atoms with E-state index in [9.17, 15) is 5.41 Å². The molecule has 2 fully saturated rings. The molecule has 2 aliphatic carbocycles. The van der Waals surface area contributed by atoms with E-state index in [1.54, 1.807) is 11.3 Å². The summed E-state index contributed by atoms with van der Waals surface area (Å²) in [5.74, 6) is 0.577. The number of aromatic nitrogens is 3. The first kappa shape index (κ1) is 23.6. The van der Waals surface area contributed by atoms with Gasteiger partial charge in [-0.1, -0.05) is 24.1 Å². The van der Waals surface area contributed by atoms with Gasteiger partial charge in [0.1, 0.15) is 5.71 Å². The quantitative estimate of drug-likeness (QED) is 0.377. The minimum Gasteiger partial charge on any atom is -0.303 e. The summed E-state index contributed by atoms with van der Waals surface area (Å²) < 4.78 is 0. The van der Waals surface area contributed by atoms with Crippen molar-refractivity contribution in [1.29, 1.82) is 5.41 Å². The molecule has 6 heteroatoms. The Morgan fingerprint density at radius 1 is 1.21 bits per heavy atom. The lowest BCUT2D eigenvalue weighted by molar-refractivity contribution is 0.285. The number of rotatable bonds is 6. The van der Waals surface area contributed by atoms with Crippen LogP contribution in [0, 0.1) is 10.8 Å². The molecule has 0 radical (unpaired) electrons. The van der Waals surface area contributed by atoms with Gasteiger partial charge < -0.3 is 4.90 Å². The zero-order valence-corrected chi connectivity index (χ0v) is 21.5. The molecule has 2 aromatic heterocycles. The van der Waals surface area contributed by atoms with Crippen molar-refractivity contribution >= 4 is 17.0 Å². The Balaban J connectivity index is 1.48. The van der Waals surface area contributed by atoms with Gasteiger partial charge in [-0.3, -0.25) is 10.4 Å². The van der Waals surface area contributed by atoms with E-state index in [4.69, 9.17) is 9.97 Å². The van der Waals surface area contributed by atoms with Gasteiger partial charge in [-0.25, -0.2) is 9.97 Å². The zero-order valence-electron chi connectivity index (χ0n) is 20.7. The summed E-state index contributed by atoms with van der Waals surface area (Å²) in [7, 11) is 2.23. The highest BCUT2D eigenvalue weighted by atomic mass is 32.1. The Morgan fingerprint density at radius 2 is 2.06 bits per heavy atom. The first-order chi connectivity index (χ1) is 16.5. The number of hydrogen-bond donors (Lipinski definition) is 1. The third-order valence-electron chi connectivity index (χ3n) is 8.60. The molecule has 2 atom stereocenters. The van der Waals surface area contributed by atoms with Gasteiger partial charge in [0.2, 0.25) is 0 Å². The van der Waals surface area contributed by atoms with Crippen molar-refractivity contribution in [2.24, 2.45) is 5.41 Å². The summed E-state index contributed by atoms with van der Waals surface area (Å²) in [6.45, 7) is 7.94. The van der Waals surface area contributed by atoms with Crippen molar-refractivity contribution < 1.29 is 0 Å². The van der Waals surface area contributed by atoms with E-state index >= 15 is 0 Å². The van der Waals surface area contributed by atoms with Crippen molar-refractivity contribution in [2.75, 3.05) is 13.6 Å². The standard InChI is InChI=1S/C28H37N5S/c1-19-8-4-5-13-28(19)14-6-10-23(20(28)2)26(29)27-31-21(11-12-22-9-7-15-33(22)3)16-24(32-27)25-17-30-18-34-25/h16-18,22,29H,1,4-15H2,2-3H3/t22-,28+/m0/s1. The molecule has 34 heavy (non-hydrogen) atoms. The second kappa shape index (κ2) is 9.82. The molecule has 1 saturated carbocycles. The fourth-order valence-electron chi connectivity index (χ4n) is 6.48. The maximum atomic E-state index is 9.24. The SMILES string of the molecule is C=C1CCCC[C@@]12CCCC(C(=N)c1nc(CC[C@@H]3CCCN3C)cc(-c3cncs3)n1)=C2C. The Bertz CT molecular complexity index is 1100. The fourth-order valence-corrected chi connectivity index (χ4v) is 7.06. The molecule has 3 heterocycles. The van der Waals surface area contributed by atoms with Gasteiger partial charge in [0, 0.05) is 23.3 Å². The van der Waals surface area contributed by atoms with Gasteiger partial charge in [0.15, 0.2) is 5.82 Å². The van der Waals surface area contributed by atoms with Gasteiger partial charge in [-0.2, -0.15) is 0 Å². The second-order valence-electron chi connectivity index (χ2n) is 10.5. The van der Waals surface area contributed by atoms with Crippen LogP contribution in [-0.2, 0) is 6.42 Å². The van der Waals surface area contributed by atoms with E-state index in [0.29, 0.717) is 17.6 Å². The third kappa shape index (κ3) is 4.42. The van der Waals surface area contributed by atoms with Crippen LogP contribution in [0.2, 0.25) is 0 Å². The van der Waals surface area contributed by atoms with E-state index < -0.39 is 0 Å². The van der Waals surface area contributed by atoms with E-state index in [1.165, 1.54) is 56.2 Å². The monoisotopic (exact) mass is 475 g/mol. The Hall–Kier alpha value is -2.18. The number of nitrogens with one attached hydrogen (secondary N) is 1. The zero-order chi connectivity index (χ0) is 23.7. The molecule has 0 amide bonds. The van der Waals surface area contributed by atoms with Crippen molar-refractivity contribution in [1.82, 2.24) is 19.9 Å². The van der Waals surface area contributed by atoms with Gasteiger partial charge in [-0.15, -0.1) is 11.3 Å². The number of thiazole rings is 1. The maximum absolute atomic E-state index is 9.24. The molecule has 0 aromatic carbocycles. The van der Waals surface area contributed by atoms with Crippen LogP contribution in [0.15, 0.2) is 41.1 Å². The number of aryl methyl sites for hydroxylation is 1. The minimum atomic E-state index is 0.0866. The van der Waals surface area contributed by atoms with Crippen LogP contribution >= 0.6 is 11.3 Å². The van der Waals surface area contributed by atoms with E-state index in [-0.39, 0.29) is 5.41 Å². The summed E-state index contributed by atoms with van der Waals surface area (Å²) in [5, 5.41) is 9.24.